The van der Waals surface area contributed by atoms with Crippen LogP contribution in [0.5, 0.6) is 0 Å². The molecule has 35 heavy (non-hydrogen) atoms. The van der Waals surface area contributed by atoms with Crippen molar-refractivity contribution in [2.45, 2.75) is 96.9 Å². The molecular formula is C27H38N6O2. The number of H-pyrrole nitrogens is 1. The van der Waals surface area contributed by atoms with E-state index < -0.39 is 0 Å². The Morgan fingerprint density at radius 2 is 1.94 bits per heavy atom. The predicted molar refractivity (Wildman–Crippen MR) is 136 cm³/mol. The van der Waals surface area contributed by atoms with Gasteiger partial charge >= 0.3 is 0 Å². The number of hydrogen-bond acceptors (Lipinski definition) is 6. The average molecular weight is 479 g/mol. The monoisotopic (exact) mass is 478 g/mol. The molecule has 2 fully saturated rings. The number of rotatable bonds is 8. The number of aryl methyl sites for hydroxylation is 2. The lowest BCUT2D eigenvalue weighted by Gasteiger charge is -2.33. The van der Waals surface area contributed by atoms with Crippen molar-refractivity contribution < 1.29 is 4.74 Å². The fraction of sp³-hybridized carbons (Fsp3) is 0.630. The molecule has 2 atom stereocenters. The van der Waals surface area contributed by atoms with Gasteiger partial charge in [-0.3, -0.25) is 9.69 Å². The molecule has 1 aliphatic carbocycles. The zero-order valence-corrected chi connectivity index (χ0v) is 21.3. The van der Waals surface area contributed by atoms with E-state index in [2.05, 4.69) is 62.1 Å². The van der Waals surface area contributed by atoms with E-state index in [0.717, 1.165) is 73.1 Å². The summed E-state index contributed by atoms with van der Waals surface area (Å²) in [5.74, 6) is 0.918. The molecule has 1 aromatic carbocycles. The Hall–Kier alpha value is -2.58. The van der Waals surface area contributed by atoms with Crippen LogP contribution in [-0.2, 0) is 11.3 Å². The summed E-state index contributed by atoms with van der Waals surface area (Å²) < 4.78 is 8.11. The van der Waals surface area contributed by atoms with Gasteiger partial charge in [-0.05, 0) is 73.6 Å². The van der Waals surface area contributed by atoms with Gasteiger partial charge in [0.15, 0.2) is 5.82 Å². The predicted octanol–water partition coefficient (Wildman–Crippen LogP) is 4.77. The number of benzene rings is 1. The highest BCUT2D eigenvalue weighted by Gasteiger charge is 2.31. The maximum absolute atomic E-state index is 13.2. The van der Waals surface area contributed by atoms with E-state index >= 15 is 0 Å². The van der Waals surface area contributed by atoms with E-state index in [1.54, 1.807) is 0 Å². The normalized spacial score (nSPS) is 20.2. The molecule has 0 bridgehead atoms. The van der Waals surface area contributed by atoms with Gasteiger partial charge in [0, 0.05) is 30.6 Å². The number of ether oxygens (including phenoxy) is 1. The average Bonchev–Trinajstić information content (AvgIpc) is 3.56. The minimum atomic E-state index is -0.0229. The molecule has 188 valence electrons. The van der Waals surface area contributed by atoms with E-state index in [1.165, 1.54) is 24.8 Å². The highest BCUT2D eigenvalue weighted by molar-refractivity contribution is 5.85. The second-order valence-electron chi connectivity index (χ2n) is 10.4. The number of hydrogen-bond donors (Lipinski definition) is 1. The SMILES string of the molecule is CC[C@@H](c1nnnn1C1CCCCC1)N(Cc1cc2c(C)ccc(C)c2[nH]c1=O)C[C@@H]1CCCO1. The number of nitrogens with one attached hydrogen (secondary N) is 1. The Morgan fingerprint density at radius 1 is 1.14 bits per heavy atom. The summed E-state index contributed by atoms with van der Waals surface area (Å²) in [5.41, 5.74) is 3.94. The molecule has 1 N–H and O–H groups in total. The van der Waals surface area contributed by atoms with Crippen molar-refractivity contribution in [3.8, 4) is 0 Å². The molecule has 1 saturated heterocycles. The van der Waals surface area contributed by atoms with E-state index in [4.69, 9.17) is 4.74 Å². The Kier molecular flexibility index (Phi) is 7.29. The van der Waals surface area contributed by atoms with Crippen molar-refractivity contribution in [3.05, 3.63) is 51.1 Å². The number of tetrazole rings is 1. The summed E-state index contributed by atoms with van der Waals surface area (Å²) in [7, 11) is 0. The van der Waals surface area contributed by atoms with Gasteiger partial charge < -0.3 is 9.72 Å². The second kappa shape index (κ2) is 10.6. The van der Waals surface area contributed by atoms with Crippen LogP contribution in [0.3, 0.4) is 0 Å². The molecule has 2 aromatic heterocycles. The smallest absolute Gasteiger partial charge is 0.252 e. The molecule has 8 heteroatoms. The van der Waals surface area contributed by atoms with Gasteiger partial charge in [-0.15, -0.1) is 5.10 Å². The number of fused-ring (bicyclic) bond motifs is 1. The molecule has 1 aliphatic heterocycles. The van der Waals surface area contributed by atoms with Crippen molar-refractivity contribution >= 4 is 10.9 Å². The summed E-state index contributed by atoms with van der Waals surface area (Å²) in [6.45, 7) is 8.44. The largest absolute Gasteiger partial charge is 0.377 e. The summed E-state index contributed by atoms with van der Waals surface area (Å²) in [6, 6.07) is 6.65. The third kappa shape index (κ3) is 5.05. The highest BCUT2D eigenvalue weighted by atomic mass is 16.5. The Balaban J connectivity index is 1.50. The van der Waals surface area contributed by atoms with Crippen LogP contribution in [0.2, 0.25) is 0 Å². The lowest BCUT2D eigenvalue weighted by atomic mass is 9.95. The molecule has 1 saturated carbocycles. The van der Waals surface area contributed by atoms with Crippen molar-refractivity contribution in [1.29, 1.82) is 0 Å². The lowest BCUT2D eigenvalue weighted by molar-refractivity contribution is 0.0481. The van der Waals surface area contributed by atoms with Crippen molar-refractivity contribution in [3.63, 3.8) is 0 Å². The van der Waals surface area contributed by atoms with Crippen molar-refractivity contribution in [2.24, 2.45) is 0 Å². The van der Waals surface area contributed by atoms with Crippen LogP contribution in [0.1, 0.15) is 92.9 Å². The Morgan fingerprint density at radius 3 is 2.69 bits per heavy atom. The van der Waals surface area contributed by atoms with Gasteiger partial charge in [0.25, 0.3) is 5.56 Å². The van der Waals surface area contributed by atoms with Gasteiger partial charge in [-0.25, -0.2) is 4.68 Å². The molecule has 0 amide bonds. The topological polar surface area (TPSA) is 88.9 Å². The lowest BCUT2D eigenvalue weighted by Crippen LogP contribution is -2.38. The van der Waals surface area contributed by atoms with Crippen LogP contribution >= 0.6 is 0 Å². The molecule has 3 heterocycles. The minimum Gasteiger partial charge on any atom is -0.377 e. The van der Waals surface area contributed by atoms with Crippen LogP contribution in [0.4, 0.5) is 0 Å². The third-order valence-electron chi connectivity index (χ3n) is 7.92. The number of aromatic amines is 1. The van der Waals surface area contributed by atoms with Crippen molar-refractivity contribution in [1.82, 2.24) is 30.1 Å². The fourth-order valence-electron chi connectivity index (χ4n) is 5.92. The van der Waals surface area contributed by atoms with E-state index in [9.17, 15) is 4.79 Å². The standard InChI is InChI=1S/C27H38N6O2/c1-4-24(26-29-30-31-33(26)21-9-6-5-7-10-21)32(17-22-11-8-14-35-22)16-20-15-23-18(2)12-13-19(3)25(23)28-27(20)34/h12-13,15,21-22,24H,4-11,14,16-17H2,1-3H3,(H,28,34)/t22-,24-/m0/s1. The second-order valence-corrected chi connectivity index (χ2v) is 10.4. The van der Waals surface area contributed by atoms with Crippen LogP contribution < -0.4 is 5.56 Å². The number of nitrogens with zero attached hydrogens (tertiary/aromatic N) is 5. The van der Waals surface area contributed by atoms with Crippen molar-refractivity contribution in [2.75, 3.05) is 13.2 Å². The van der Waals surface area contributed by atoms with E-state index in [0.29, 0.717) is 12.6 Å². The maximum atomic E-state index is 13.2. The molecule has 8 nitrogen and oxygen atoms in total. The number of aromatic nitrogens is 5. The summed E-state index contributed by atoms with van der Waals surface area (Å²) in [6.07, 6.45) is 9.18. The highest BCUT2D eigenvalue weighted by Crippen LogP contribution is 2.33. The molecular weight excluding hydrogens is 440 g/mol. The van der Waals surface area contributed by atoms with Gasteiger partial charge in [0.2, 0.25) is 0 Å². The van der Waals surface area contributed by atoms with Crippen LogP contribution in [-0.4, -0.2) is 49.3 Å². The van der Waals surface area contributed by atoms with E-state index in [-0.39, 0.29) is 17.7 Å². The zero-order chi connectivity index (χ0) is 24.4. The first-order valence-electron chi connectivity index (χ1n) is 13.3. The van der Waals surface area contributed by atoms with Crippen LogP contribution in [0.25, 0.3) is 10.9 Å². The van der Waals surface area contributed by atoms with Crippen LogP contribution in [0, 0.1) is 13.8 Å². The first-order chi connectivity index (χ1) is 17.0. The Labute approximate surface area is 207 Å². The van der Waals surface area contributed by atoms with E-state index in [1.807, 2.05) is 6.92 Å². The van der Waals surface area contributed by atoms with Gasteiger partial charge in [0.05, 0.1) is 23.7 Å². The zero-order valence-electron chi connectivity index (χ0n) is 21.3. The molecule has 3 aromatic rings. The first-order valence-corrected chi connectivity index (χ1v) is 13.3. The van der Waals surface area contributed by atoms with Gasteiger partial charge in [0.1, 0.15) is 0 Å². The van der Waals surface area contributed by atoms with Gasteiger partial charge in [-0.2, -0.15) is 0 Å². The maximum Gasteiger partial charge on any atom is 0.252 e. The molecule has 5 rings (SSSR count). The third-order valence-corrected chi connectivity index (χ3v) is 7.92. The number of pyridine rings is 1. The fourth-order valence-corrected chi connectivity index (χ4v) is 5.92. The summed E-state index contributed by atoms with van der Waals surface area (Å²) in [5, 5.41) is 14.2. The first kappa shape index (κ1) is 24.1. The Bertz CT molecular complexity index is 1210. The quantitative estimate of drug-likeness (QED) is 0.502. The molecule has 2 aliphatic rings. The summed E-state index contributed by atoms with van der Waals surface area (Å²) >= 11 is 0. The summed E-state index contributed by atoms with van der Waals surface area (Å²) in [4.78, 5) is 18.8. The molecule has 0 spiro atoms. The molecule has 0 unspecified atom stereocenters. The molecule has 0 radical (unpaired) electrons. The van der Waals surface area contributed by atoms with Crippen LogP contribution in [0.15, 0.2) is 23.0 Å². The minimum absolute atomic E-state index is 0.0184. The van der Waals surface area contributed by atoms with Gasteiger partial charge in [-0.1, -0.05) is 38.3 Å².